The highest BCUT2D eigenvalue weighted by molar-refractivity contribution is 5.39. The lowest BCUT2D eigenvalue weighted by molar-refractivity contribution is 0.411. The number of nitrogens with two attached hydrogens (primary N) is 1. The molecule has 0 radical (unpaired) electrons. The molecule has 0 fully saturated rings. The van der Waals surface area contributed by atoms with Crippen molar-refractivity contribution in [2.45, 2.75) is 32.2 Å². The Bertz CT molecular complexity index is 623. The Labute approximate surface area is 124 Å². The van der Waals surface area contributed by atoms with Crippen LogP contribution in [0.5, 0.6) is 17.4 Å². The van der Waals surface area contributed by atoms with Gasteiger partial charge >= 0.3 is 0 Å². The Balaban J connectivity index is 1.89. The molecule has 3 rings (SSSR count). The second-order valence-corrected chi connectivity index (χ2v) is 5.25. The molecule has 0 amide bonds. The van der Waals surface area contributed by atoms with Crippen molar-refractivity contribution in [3.8, 4) is 17.4 Å². The van der Waals surface area contributed by atoms with Gasteiger partial charge in [0.2, 0.25) is 5.88 Å². The van der Waals surface area contributed by atoms with Crippen LogP contribution in [0.25, 0.3) is 0 Å². The van der Waals surface area contributed by atoms with E-state index < -0.39 is 0 Å². The number of ether oxygens (including phenoxy) is 2. The zero-order chi connectivity index (χ0) is 14.7. The highest BCUT2D eigenvalue weighted by Gasteiger charge is 2.15. The van der Waals surface area contributed by atoms with Gasteiger partial charge < -0.3 is 15.2 Å². The fraction of sp³-hybridized carbons (Fsp3) is 0.353. The van der Waals surface area contributed by atoms with Gasteiger partial charge in [-0.1, -0.05) is 0 Å². The second-order valence-electron chi connectivity index (χ2n) is 5.25. The number of benzene rings is 1. The molecule has 0 spiro atoms. The first-order valence-electron chi connectivity index (χ1n) is 7.34. The van der Waals surface area contributed by atoms with Gasteiger partial charge in [0, 0.05) is 17.8 Å². The normalized spacial score (nSPS) is 13.6. The molecule has 1 heterocycles. The number of methoxy groups -OCH3 is 1. The largest absolute Gasteiger partial charge is 0.497 e. The van der Waals surface area contributed by atoms with Gasteiger partial charge in [-0.15, -0.1) is 0 Å². The van der Waals surface area contributed by atoms with E-state index in [4.69, 9.17) is 15.2 Å². The summed E-state index contributed by atoms with van der Waals surface area (Å²) in [7, 11) is 1.65. The maximum absolute atomic E-state index is 5.92. The molecule has 0 saturated carbocycles. The maximum atomic E-state index is 5.92. The van der Waals surface area contributed by atoms with Crippen molar-refractivity contribution in [2.24, 2.45) is 5.73 Å². The first-order chi connectivity index (χ1) is 10.3. The van der Waals surface area contributed by atoms with Crippen LogP contribution in [0.2, 0.25) is 0 Å². The molecule has 4 nitrogen and oxygen atoms in total. The molecule has 110 valence electrons. The minimum Gasteiger partial charge on any atom is -0.497 e. The topological polar surface area (TPSA) is 57.4 Å². The molecule has 0 atom stereocenters. The molecule has 1 aliphatic carbocycles. The first kappa shape index (κ1) is 13.9. The van der Waals surface area contributed by atoms with Crippen LogP contribution in [0.3, 0.4) is 0 Å². The molecule has 1 aromatic heterocycles. The zero-order valence-corrected chi connectivity index (χ0v) is 12.3. The number of pyridine rings is 1. The Hall–Kier alpha value is -2.07. The van der Waals surface area contributed by atoms with E-state index in [1.807, 2.05) is 24.3 Å². The maximum Gasteiger partial charge on any atom is 0.223 e. The summed E-state index contributed by atoms with van der Waals surface area (Å²) in [6.45, 7) is 0.436. The predicted octanol–water partition coefficient (Wildman–Crippen LogP) is 3.22. The molecule has 1 aromatic carbocycles. The number of hydrogen-bond donors (Lipinski definition) is 1. The van der Waals surface area contributed by atoms with Crippen molar-refractivity contribution in [3.05, 3.63) is 47.2 Å². The summed E-state index contributed by atoms with van der Waals surface area (Å²) in [6.07, 6.45) is 4.55. The number of rotatable bonds is 4. The van der Waals surface area contributed by atoms with Gasteiger partial charge in [-0.25, -0.2) is 4.98 Å². The van der Waals surface area contributed by atoms with Crippen molar-refractivity contribution in [1.82, 2.24) is 4.98 Å². The molecule has 1 aliphatic rings. The van der Waals surface area contributed by atoms with Crippen molar-refractivity contribution < 1.29 is 9.47 Å². The fourth-order valence-corrected chi connectivity index (χ4v) is 2.65. The fourth-order valence-electron chi connectivity index (χ4n) is 2.65. The van der Waals surface area contributed by atoms with Gasteiger partial charge in [-0.3, -0.25) is 0 Å². The molecule has 0 aliphatic heterocycles. The summed E-state index contributed by atoms with van der Waals surface area (Å²) in [5.41, 5.74) is 9.28. The van der Waals surface area contributed by atoms with E-state index in [-0.39, 0.29) is 0 Å². The molecule has 2 N–H and O–H groups in total. The standard InChI is InChI=1S/C17H20N2O2/c1-20-14-6-8-15(9-7-14)21-17-13(11-18)10-12-4-2-3-5-16(12)19-17/h6-10H,2-5,11,18H2,1H3. The Morgan fingerprint density at radius 1 is 1.10 bits per heavy atom. The molecule has 0 bridgehead atoms. The molecular formula is C17H20N2O2. The summed E-state index contributed by atoms with van der Waals surface area (Å²) >= 11 is 0. The quantitative estimate of drug-likeness (QED) is 0.936. The lowest BCUT2D eigenvalue weighted by Gasteiger charge is -2.18. The minimum atomic E-state index is 0.436. The van der Waals surface area contributed by atoms with Crippen LogP contribution in [-0.2, 0) is 19.4 Å². The minimum absolute atomic E-state index is 0.436. The molecule has 4 heteroatoms. The number of aromatic nitrogens is 1. The Kier molecular flexibility index (Phi) is 4.06. The van der Waals surface area contributed by atoms with Gasteiger partial charge in [0.25, 0.3) is 0 Å². The Morgan fingerprint density at radius 2 is 1.81 bits per heavy atom. The first-order valence-corrected chi connectivity index (χ1v) is 7.34. The van der Waals surface area contributed by atoms with Crippen LogP contribution >= 0.6 is 0 Å². The highest BCUT2D eigenvalue weighted by Crippen LogP contribution is 2.29. The van der Waals surface area contributed by atoms with E-state index in [0.717, 1.165) is 35.6 Å². The third kappa shape index (κ3) is 3.00. The van der Waals surface area contributed by atoms with Crippen LogP contribution in [0.1, 0.15) is 29.7 Å². The van der Waals surface area contributed by atoms with Crippen LogP contribution in [0, 0.1) is 0 Å². The Morgan fingerprint density at radius 3 is 2.52 bits per heavy atom. The van der Waals surface area contributed by atoms with E-state index >= 15 is 0 Å². The van der Waals surface area contributed by atoms with Crippen LogP contribution in [-0.4, -0.2) is 12.1 Å². The number of nitrogens with zero attached hydrogens (tertiary/aromatic N) is 1. The average Bonchev–Trinajstić information content (AvgIpc) is 2.55. The summed E-state index contributed by atoms with van der Waals surface area (Å²) in [6, 6.07) is 9.65. The summed E-state index contributed by atoms with van der Waals surface area (Å²) in [5.74, 6) is 2.18. The number of hydrogen-bond acceptors (Lipinski definition) is 4. The van der Waals surface area contributed by atoms with E-state index in [1.54, 1.807) is 7.11 Å². The number of fused-ring (bicyclic) bond motifs is 1. The molecular weight excluding hydrogens is 264 g/mol. The third-order valence-corrected chi connectivity index (χ3v) is 3.83. The molecule has 21 heavy (non-hydrogen) atoms. The van der Waals surface area contributed by atoms with Gasteiger partial charge in [0.05, 0.1) is 7.11 Å². The smallest absolute Gasteiger partial charge is 0.223 e. The van der Waals surface area contributed by atoms with E-state index in [1.165, 1.54) is 18.4 Å². The summed E-state index contributed by atoms with van der Waals surface area (Å²) < 4.78 is 11.1. The van der Waals surface area contributed by atoms with Crippen LogP contribution in [0.15, 0.2) is 30.3 Å². The summed E-state index contributed by atoms with van der Waals surface area (Å²) in [4.78, 5) is 4.69. The van der Waals surface area contributed by atoms with E-state index in [0.29, 0.717) is 12.4 Å². The van der Waals surface area contributed by atoms with Gasteiger partial charge in [-0.05, 0) is 61.6 Å². The monoisotopic (exact) mass is 284 g/mol. The van der Waals surface area contributed by atoms with Crippen LogP contribution < -0.4 is 15.2 Å². The van der Waals surface area contributed by atoms with Gasteiger partial charge in [0.15, 0.2) is 0 Å². The molecule has 0 saturated heterocycles. The predicted molar refractivity (Wildman–Crippen MR) is 81.8 cm³/mol. The van der Waals surface area contributed by atoms with E-state index in [2.05, 4.69) is 11.1 Å². The van der Waals surface area contributed by atoms with Crippen molar-refractivity contribution in [1.29, 1.82) is 0 Å². The van der Waals surface area contributed by atoms with Crippen LogP contribution in [0.4, 0.5) is 0 Å². The number of aryl methyl sites for hydroxylation is 2. The SMILES string of the molecule is COc1ccc(Oc2nc3c(cc2CN)CCCC3)cc1. The average molecular weight is 284 g/mol. The zero-order valence-electron chi connectivity index (χ0n) is 12.3. The van der Waals surface area contributed by atoms with Crippen molar-refractivity contribution in [2.75, 3.05) is 7.11 Å². The van der Waals surface area contributed by atoms with Gasteiger partial charge in [-0.2, -0.15) is 0 Å². The second kappa shape index (κ2) is 6.14. The molecule has 2 aromatic rings. The highest BCUT2D eigenvalue weighted by atomic mass is 16.5. The third-order valence-electron chi connectivity index (χ3n) is 3.83. The van der Waals surface area contributed by atoms with Gasteiger partial charge in [0.1, 0.15) is 11.5 Å². The lowest BCUT2D eigenvalue weighted by atomic mass is 9.95. The molecule has 0 unspecified atom stereocenters. The lowest BCUT2D eigenvalue weighted by Crippen LogP contribution is -2.10. The summed E-state index contributed by atoms with van der Waals surface area (Å²) in [5, 5.41) is 0. The van der Waals surface area contributed by atoms with E-state index in [9.17, 15) is 0 Å². The van der Waals surface area contributed by atoms with Crippen molar-refractivity contribution in [3.63, 3.8) is 0 Å². The van der Waals surface area contributed by atoms with Crippen molar-refractivity contribution >= 4 is 0 Å².